The standard InChI is InChI=1S/C26H52O/c1-4-25(3)23-21-19-17-15-13-11-9-7-6-8-10-12-14-16-18-20-22-24-26(27)5-2/h25H,4-24H2,1-3H3. The molecule has 0 bridgehead atoms. The molecule has 0 amide bonds. The van der Waals surface area contributed by atoms with E-state index in [0.29, 0.717) is 5.78 Å². The number of unbranched alkanes of at least 4 members (excludes halogenated alkanes) is 16. The second-order valence-electron chi connectivity index (χ2n) is 8.95. The lowest BCUT2D eigenvalue weighted by molar-refractivity contribution is -0.118. The van der Waals surface area contributed by atoms with Crippen molar-refractivity contribution in [2.45, 2.75) is 156 Å². The first-order chi connectivity index (χ1) is 13.2. The van der Waals surface area contributed by atoms with Crippen LogP contribution in [0.5, 0.6) is 0 Å². The summed E-state index contributed by atoms with van der Waals surface area (Å²) in [6, 6.07) is 0. The van der Waals surface area contributed by atoms with Crippen molar-refractivity contribution in [2.24, 2.45) is 5.92 Å². The molecule has 0 aliphatic rings. The number of hydrogen-bond acceptors (Lipinski definition) is 1. The normalized spacial score (nSPS) is 12.4. The van der Waals surface area contributed by atoms with Crippen LogP contribution in [0, 0.1) is 5.92 Å². The summed E-state index contributed by atoms with van der Waals surface area (Å²) in [6.07, 6.45) is 28.2. The highest BCUT2D eigenvalue weighted by atomic mass is 16.1. The summed E-state index contributed by atoms with van der Waals surface area (Å²) in [7, 11) is 0. The second-order valence-corrected chi connectivity index (χ2v) is 8.95. The number of carbonyl (C=O) groups is 1. The molecule has 1 unspecified atom stereocenters. The van der Waals surface area contributed by atoms with E-state index in [1.807, 2.05) is 6.92 Å². The summed E-state index contributed by atoms with van der Waals surface area (Å²) in [5.74, 6) is 1.37. The Morgan fingerprint density at radius 2 is 0.889 bits per heavy atom. The van der Waals surface area contributed by atoms with E-state index in [1.54, 1.807) is 0 Å². The largest absolute Gasteiger partial charge is 0.300 e. The van der Waals surface area contributed by atoms with Crippen LogP contribution in [0.3, 0.4) is 0 Å². The molecule has 0 fully saturated rings. The molecule has 0 saturated heterocycles. The highest BCUT2D eigenvalue weighted by Crippen LogP contribution is 2.16. The van der Waals surface area contributed by atoms with Crippen molar-refractivity contribution in [1.82, 2.24) is 0 Å². The van der Waals surface area contributed by atoms with Crippen molar-refractivity contribution in [3.63, 3.8) is 0 Å². The third-order valence-electron chi connectivity index (χ3n) is 6.24. The molecular weight excluding hydrogens is 328 g/mol. The van der Waals surface area contributed by atoms with Gasteiger partial charge in [0.15, 0.2) is 0 Å². The molecule has 0 heterocycles. The Bertz CT molecular complexity index is 297. The zero-order chi connectivity index (χ0) is 20.0. The van der Waals surface area contributed by atoms with E-state index in [4.69, 9.17) is 0 Å². The summed E-state index contributed by atoms with van der Waals surface area (Å²) >= 11 is 0. The van der Waals surface area contributed by atoms with Gasteiger partial charge in [0.1, 0.15) is 5.78 Å². The molecule has 162 valence electrons. The fourth-order valence-corrected chi connectivity index (χ4v) is 3.85. The molecule has 0 saturated carbocycles. The molecule has 27 heavy (non-hydrogen) atoms. The van der Waals surface area contributed by atoms with Crippen molar-refractivity contribution in [3.8, 4) is 0 Å². The third kappa shape index (κ3) is 21.8. The van der Waals surface area contributed by atoms with E-state index in [-0.39, 0.29) is 0 Å². The van der Waals surface area contributed by atoms with Crippen LogP contribution >= 0.6 is 0 Å². The van der Waals surface area contributed by atoms with Crippen LogP contribution in [-0.4, -0.2) is 5.78 Å². The maximum atomic E-state index is 11.2. The molecule has 1 atom stereocenters. The molecule has 0 aliphatic carbocycles. The summed E-state index contributed by atoms with van der Waals surface area (Å²) in [6.45, 7) is 6.67. The number of rotatable bonds is 22. The molecule has 0 N–H and O–H groups in total. The summed E-state index contributed by atoms with van der Waals surface area (Å²) in [5.41, 5.74) is 0. The molecule has 0 aromatic rings. The van der Waals surface area contributed by atoms with E-state index >= 15 is 0 Å². The van der Waals surface area contributed by atoms with Crippen molar-refractivity contribution in [1.29, 1.82) is 0 Å². The Morgan fingerprint density at radius 1 is 0.556 bits per heavy atom. The summed E-state index contributed by atoms with van der Waals surface area (Å²) in [5, 5.41) is 0. The number of Topliss-reactive ketones (excluding diaryl/α,β-unsaturated/α-hetero) is 1. The van der Waals surface area contributed by atoms with Crippen molar-refractivity contribution < 1.29 is 4.79 Å². The van der Waals surface area contributed by atoms with Gasteiger partial charge in [-0.05, 0) is 12.3 Å². The Labute approximate surface area is 172 Å². The summed E-state index contributed by atoms with van der Waals surface area (Å²) < 4.78 is 0. The minimum Gasteiger partial charge on any atom is -0.300 e. The molecule has 1 heteroatoms. The van der Waals surface area contributed by atoms with Gasteiger partial charge in [-0.3, -0.25) is 4.79 Å². The molecule has 0 aliphatic heterocycles. The first-order valence-electron chi connectivity index (χ1n) is 12.7. The monoisotopic (exact) mass is 380 g/mol. The molecule has 0 aromatic heterocycles. The maximum Gasteiger partial charge on any atom is 0.132 e. The lowest BCUT2D eigenvalue weighted by Crippen LogP contribution is -1.94. The lowest BCUT2D eigenvalue weighted by Gasteiger charge is -2.07. The van der Waals surface area contributed by atoms with Gasteiger partial charge in [-0.15, -0.1) is 0 Å². The van der Waals surface area contributed by atoms with E-state index in [0.717, 1.165) is 25.2 Å². The predicted octanol–water partition coefficient (Wildman–Crippen LogP) is 9.42. The van der Waals surface area contributed by atoms with Gasteiger partial charge in [-0.25, -0.2) is 0 Å². The predicted molar refractivity (Wildman–Crippen MR) is 122 cm³/mol. The van der Waals surface area contributed by atoms with Gasteiger partial charge in [0.25, 0.3) is 0 Å². The Morgan fingerprint density at radius 3 is 1.22 bits per heavy atom. The second kappa shape index (κ2) is 22.0. The van der Waals surface area contributed by atoms with E-state index in [2.05, 4.69) is 13.8 Å². The first kappa shape index (κ1) is 26.7. The topological polar surface area (TPSA) is 17.1 Å². The van der Waals surface area contributed by atoms with Crippen LogP contribution in [0.4, 0.5) is 0 Å². The highest BCUT2D eigenvalue weighted by Gasteiger charge is 1.99. The molecule has 1 nitrogen and oxygen atoms in total. The van der Waals surface area contributed by atoms with Gasteiger partial charge in [0, 0.05) is 12.8 Å². The minimum absolute atomic E-state index is 0.437. The summed E-state index contributed by atoms with van der Waals surface area (Å²) in [4.78, 5) is 11.2. The van der Waals surface area contributed by atoms with Gasteiger partial charge in [0.05, 0.1) is 0 Å². The van der Waals surface area contributed by atoms with Gasteiger partial charge in [-0.1, -0.05) is 136 Å². The number of hydrogen-bond donors (Lipinski definition) is 0. The average molecular weight is 381 g/mol. The van der Waals surface area contributed by atoms with Gasteiger partial charge in [-0.2, -0.15) is 0 Å². The van der Waals surface area contributed by atoms with Crippen molar-refractivity contribution >= 4 is 5.78 Å². The first-order valence-corrected chi connectivity index (χ1v) is 12.7. The van der Waals surface area contributed by atoms with E-state index < -0.39 is 0 Å². The fourth-order valence-electron chi connectivity index (χ4n) is 3.85. The average Bonchev–Trinajstić information content (AvgIpc) is 2.69. The van der Waals surface area contributed by atoms with E-state index in [9.17, 15) is 4.79 Å². The van der Waals surface area contributed by atoms with Crippen LogP contribution in [0.25, 0.3) is 0 Å². The van der Waals surface area contributed by atoms with Crippen molar-refractivity contribution in [2.75, 3.05) is 0 Å². The Kier molecular flexibility index (Phi) is 21.7. The van der Waals surface area contributed by atoms with Crippen LogP contribution in [-0.2, 0) is 4.79 Å². The van der Waals surface area contributed by atoms with Crippen molar-refractivity contribution in [3.05, 3.63) is 0 Å². The van der Waals surface area contributed by atoms with Gasteiger partial charge < -0.3 is 0 Å². The lowest BCUT2D eigenvalue weighted by atomic mass is 9.99. The maximum absolute atomic E-state index is 11.2. The van der Waals surface area contributed by atoms with Gasteiger partial charge >= 0.3 is 0 Å². The van der Waals surface area contributed by atoms with Crippen LogP contribution in [0.15, 0.2) is 0 Å². The fraction of sp³-hybridized carbons (Fsp3) is 0.962. The number of ketones is 1. The Balaban J connectivity index is 3.04. The molecule has 0 aromatic carbocycles. The van der Waals surface area contributed by atoms with Crippen LogP contribution < -0.4 is 0 Å². The smallest absolute Gasteiger partial charge is 0.132 e. The molecule has 0 spiro atoms. The van der Waals surface area contributed by atoms with Gasteiger partial charge in [0.2, 0.25) is 0 Å². The van der Waals surface area contributed by atoms with E-state index in [1.165, 1.54) is 116 Å². The zero-order valence-corrected chi connectivity index (χ0v) is 19.3. The zero-order valence-electron chi connectivity index (χ0n) is 19.3. The molecular formula is C26H52O. The van der Waals surface area contributed by atoms with Crippen LogP contribution in [0.1, 0.15) is 156 Å². The SMILES string of the molecule is CCC(=O)CCCCCCCCCCCCCCCCCCCC(C)CC. The molecule has 0 radical (unpaired) electrons. The van der Waals surface area contributed by atoms with Crippen LogP contribution in [0.2, 0.25) is 0 Å². The quantitative estimate of drug-likeness (QED) is 0.171. The Hall–Kier alpha value is -0.330. The number of carbonyl (C=O) groups excluding carboxylic acids is 1. The molecule has 0 rings (SSSR count). The minimum atomic E-state index is 0.437. The highest BCUT2D eigenvalue weighted by molar-refractivity contribution is 5.77. The third-order valence-corrected chi connectivity index (χ3v) is 6.24.